The highest BCUT2D eigenvalue weighted by Crippen LogP contribution is 2.43. The number of nitrogens with zero attached hydrogens (tertiary/aromatic N) is 3. The topological polar surface area (TPSA) is 13.1 Å². The van der Waals surface area contributed by atoms with Gasteiger partial charge in [-0.3, -0.25) is 0 Å². The Kier molecular flexibility index (Phi) is 10.2. The van der Waals surface area contributed by atoms with Crippen LogP contribution in [0.2, 0.25) is 0 Å². The molecule has 0 aliphatic heterocycles. The van der Waals surface area contributed by atoms with Crippen molar-refractivity contribution in [2.24, 2.45) is 0 Å². The second-order valence-corrected chi connectivity index (χ2v) is 18.9. The minimum Gasteiger partial charge on any atom is -0.311 e. The monoisotopic (exact) mass is 929 g/mol. The number of hydrogen-bond donors (Lipinski definition) is 0. The van der Waals surface area contributed by atoms with Crippen LogP contribution in [-0.4, -0.2) is 9.13 Å². The van der Waals surface area contributed by atoms with Crippen LogP contribution in [0.4, 0.5) is 17.1 Å². The van der Waals surface area contributed by atoms with Crippen LogP contribution in [0.1, 0.15) is 0 Å². The number of anilines is 3. The number of aromatic nitrogens is 2. The Morgan fingerprint density at radius 1 is 0.219 bits per heavy atom. The normalized spacial score (nSPS) is 11.6. The molecule has 0 unspecified atom stereocenters. The highest BCUT2D eigenvalue weighted by molar-refractivity contribution is 6.22. The van der Waals surface area contributed by atoms with Crippen molar-refractivity contribution in [3.05, 3.63) is 285 Å². The first kappa shape index (κ1) is 42.2. The lowest BCUT2D eigenvalue weighted by molar-refractivity contribution is 1.18. The number of hydrogen-bond acceptors (Lipinski definition) is 1. The van der Waals surface area contributed by atoms with Crippen LogP contribution in [0.3, 0.4) is 0 Å². The number of benzene rings is 12. The first-order valence-corrected chi connectivity index (χ1v) is 25.1. The Morgan fingerprint density at radius 2 is 0.616 bits per heavy atom. The van der Waals surface area contributed by atoms with Crippen molar-refractivity contribution in [1.82, 2.24) is 9.13 Å². The van der Waals surface area contributed by atoms with E-state index >= 15 is 0 Å². The Bertz CT molecular complexity index is 4330. The van der Waals surface area contributed by atoms with Crippen LogP contribution in [-0.2, 0) is 0 Å². The summed E-state index contributed by atoms with van der Waals surface area (Å²) in [5, 5.41) is 7.46. The van der Waals surface area contributed by atoms with Gasteiger partial charge in [0.2, 0.25) is 0 Å². The van der Waals surface area contributed by atoms with Crippen LogP contribution in [0.15, 0.2) is 285 Å². The van der Waals surface area contributed by atoms with Crippen LogP contribution < -0.4 is 4.90 Å². The average molecular weight is 930 g/mol. The van der Waals surface area contributed by atoms with Crippen LogP contribution in [0.25, 0.3) is 110 Å². The predicted molar refractivity (Wildman–Crippen MR) is 309 cm³/mol. The van der Waals surface area contributed by atoms with Crippen molar-refractivity contribution in [3.8, 4) is 55.9 Å². The van der Waals surface area contributed by atoms with E-state index in [9.17, 15) is 0 Å². The van der Waals surface area contributed by atoms with Gasteiger partial charge in [0, 0.05) is 50.0 Å². The zero-order valence-corrected chi connectivity index (χ0v) is 40.0. The maximum absolute atomic E-state index is 2.42. The lowest BCUT2D eigenvalue weighted by Crippen LogP contribution is -2.09. The summed E-state index contributed by atoms with van der Waals surface area (Å²) in [6, 6.07) is 104. The fourth-order valence-corrected chi connectivity index (χ4v) is 11.2. The summed E-state index contributed by atoms with van der Waals surface area (Å²) in [5.74, 6) is 0. The average Bonchev–Trinajstić information content (AvgIpc) is 3.99. The molecule has 0 amide bonds. The van der Waals surface area contributed by atoms with Gasteiger partial charge in [-0.2, -0.15) is 0 Å². The van der Waals surface area contributed by atoms with E-state index in [0.717, 1.165) is 50.7 Å². The molecular weight excluding hydrogens is 883 g/mol. The molecule has 0 aliphatic rings. The molecule has 0 spiro atoms. The van der Waals surface area contributed by atoms with Gasteiger partial charge in [0.1, 0.15) is 0 Å². The zero-order valence-electron chi connectivity index (χ0n) is 40.0. The first-order chi connectivity index (χ1) is 36.2. The van der Waals surface area contributed by atoms with Gasteiger partial charge in [0.05, 0.1) is 22.1 Å². The van der Waals surface area contributed by atoms with E-state index in [0.29, 0.717) is 0 Å². The maximum Gasteiger partial charge on any atom is 0.0547 e. The Labute approximate surface area is 424 Å². The Hall–Kier alpha value is -9.70. The van der Waals surface area contributed by atoms with Gasteiger partial charge in [-0.1, -0.05) is 170 Å². The largest absolute Gasteiger partial charge is 0.311 e. The van der Waals surface area contributed by atoms with Crippen molar-refractivity contribution < 1.29 is 0 Å². The van der Waals surface area contributed by atoms with E-state index in [2.05, 4.69) is 299 Å². The zero-order chi connectivity index (χ0) is 48.2. The maximum atomic E-state index is 2.42. The quantitative estimate of drug-likeness (QED) is 0.141. The number of fused-ring (bicyclic) bond motifs is 8. The smallest absolute Gasteiger partial charge is 0.0547 e. The van der Waals surface area contributed by atoms with Gasteiger partial charge < -0.3 is 14.0 Å². The number of rotatable bonds is 9. The van der Waals surface area contributed by atoms with E-state index in [1.54, 1.807) is 0 Å². The van der Waals surface area contributed by atoms with Crippen molar-refractivity contribution in [1.29, 1.82) is 0 Å². The molecule has 0 atom stereocenters. The van der Waals surface area contributed by atoms with Crippen LogP contribution >= 0.6 is 0 Å². The second kappa shape index (κ2) is 17.6. The van der Waals surface area contributed by atoms with Crippen molar-refractivity contribution in [2.45, 2.75) is 0 Å². The first-order valence-electron chi connectivity index (χ1n) is 25.1. The third kappa shape index (κ3) is 7.37. The van der Waals surface area contributed by atoms with Gasteiger partial charge >= 0.3 is 0 Å². The lowest BCUT2D eigenvalue weighted by atomic mass is 9.92. The minimum atomic E-state index is 1.09. The van der Waals surface area contributed by atoms with Gasteiger partial charge in [-0.25, -0.2) is 0 Å². The fourth-order valence-electron chi connectivity index (χ4n) is 11.2. The highest BCUT2D eigenvalue weighted by Gasteiger charge is 2.19. The van der Waals surface area contributed by atoms with Crippen molar-refractivity contribution in [2.75, 3.05) is 4.90 Å². The third-order valence-corrected chi connectivity index (χ3v) is 14.7. The lowest BCUT2D eigenvalue weighted by Gasteiger charge is -2.26. The molecule has 0 bridgehead atoms. The summed E-state index contributed by atoms with van der Waals surface area (Å²) in [6.45, 7) is 0. The van der Waals surface area contributed by atoms with E-state index in [1.165, 1.54) is 76.6 Å². The summed E-state index contributed by atoms with van der Waals surface area (Å²) < 4.78 is 4.81. The molecule has 3 heteroatoms. The van der Waals surface area contributed by atoms with Gasteiger partial charge in [-0.05, 0) is 171 Å². The molecule has 3 nitrogen and oxygen atoms in total. The number of para-hydroxylation sites is 4. The van der Waals surface area contributed by atoms with Crippen molar-refractivity contribution >= 4 is 71.4 Å². The van der Waals surface area contributed by atoms with E-state index in [-0.39, 0.29) is 0 Å². The van der Waals surface area contributed by atoms with Crippen LogP contribution in [0, 0.1) is 0 Å². The predicted octanol–water partition coefficient (Wildman–Crippen LogP) is 19.2. The SMILES string of the molecule is c1ccc(-c2ccc(N(c3ccccc3)c3ccc(-c4cc(-c5ccc6c(c5)c5ccccc5n6-c5ccccc5)cc(-c5ccc6c(c5)c5c7ccccc7ccc5n6-c5ccccc5)c4)cc3)cc2)cc1. The summed E-state index contributed by atoms with van der Waals surface area (Å²) in [4.78, 5) is 2.34. The molecule has 0 fully saturated rings. The molecule has 2 heterocycles. The van der Waals surface area contributed by atoms with Crippen LogP contribution in [0.5, 0.6) is 0 Å². The minimum absolute atomic E-state index is 1.09. The standard InChI is InChI=1S/C70H47N3/c1-5-17-48(18-6-1)49-29-36-60(37-30-49)71(57-20-7-2-8-21-57)61-38-31-50(32-39-61)54-43-55(52-34-40-67-64(46-52)63-27-15-16-28-66(63)72(67)58-22-9-3-10-23-58)45-56(44-54)53-35-41-68-65(47-53)70-62-26-14-13-19-51(62)33-42-69(70)73(68)59-24-11-4-12-25-59/h1-47H. The summed E-state index contributed by atoms with van der Waals surface area (Å²) in [7, 11) is 0. The third-order valence-electron chi connectivity index (χ3n) is 14.7. The van der Waals surface area contributed by atoms with Gasteiger partial charge in [0.15, 0.2) is 0 Å². The summed E-state index contributed by atoms with van der Waals surface area (Å²) in [5.41, 5.74) is 19.7. The molecule has 0 saturated heterocycles. The van der Waals surface area contributed by atoms with E-state index in [4.69, 9.17) is 0 Å². The molecule has 0 saturated carbocycles. The molecule has 0 N–H and O–H groups in total. The van der Waals surface area contributed by atoms with E-state index in [1.807, 2.05) is 0 Å². The molecule has 12 aromatic carbocycles. The molecule has 0 radical (unpaired) electrons. The molecule has 0 aliphatic carbocycles. The molecule has 14 rings (SSSR count). The molecule has 2 aromatic heterocycles. The highest BCUT2D eigenvalue weighted by atomic mass is 15.1. The van der Waals surface area contributed by atoms with E-state index < -0.39 is 0 Å². The molecule has 73 heavy (non-hydrogen) atoms. The Balaban J connectivity index is 0.942. The van der Waals surface area contributed by atoms with Gasteiger partial charge in [0.25, 0.3) is 0 Å². The summed E-state index contributed by atoms with van der Waals surface area (Å²) in [6.07, 6.45) is 0. The second-order valence-electron chi connectivity index (χ2n) is 18.9. The molecule has 14 aromatic rings. The van der Waals surface area contributed by atoms with Gasteiger partial charge in [-0.15, -0.1) is 0 Å². The van der Waals surface area contributed by atoms with Crippen molar-refractivity contribution in [3.63, 3.8) is 0 Å². The Morgan fingerprint density at radius 3 is 1.23 bits per heavy atom. The fraction of sp³-hybridized carbons (Fsp3) is 0. The molecule has 342 valence electrons. The molecular formula is C70H47N3. The summed E-state index contributed by atoms with van der Waals surface area (Å²) >= 11 is 0.